The molecule has 3 nitrogen and oxygen atoms in total. The van der Waals surface area contributed by atoms with Gasteiger partial charge in [-0.25, -0.2) is 4.79 Å². The molecule has 1 N–H and O–H groups in total. The Morgan fingerprint density at radius 3 is 2.31 bits per heavy atom. The first-order chi connectivity index (χ1) is 7.49. The van der Waals surface area contributed by atoms with Gasteiger partial charge in [0.15, 0.2) is 0 Å². The predicted molar refractivity (Wildman–Crippen MR) is 65.0 cm³/mol. The van der Waals surface area contributed by atoms with Gasteiger partial charge in [-0.15, -0.1) is 0 Å². The maximum atomic E-state index is 11.5. The quantitative estimate of drug-likeness (QED) is 0.389. The molecule has 0 saturated carbocycles. The lowest BCUT2D eigenvalue weighted by molar-refractivity contribution is -0.242. The van der Waals surface area contributed by atoms with Crippen LogP contribution >= 0.6 is 0 Å². The van der Waals surface area contributed by atoms with Crippen molar-refractivity contribution in [3.63, 3.8) is 0 Å². The largest absolute Gasteiger partial charge is 0.345 e. The molecule has 0 aromatic carbocycles. The highest BCUT2D eigenvalue weighted by Crippen LogP contribution is 2.35. The molecule has 96 valence electrons. The van der Waals surface area contributed by atoms with Crippen molar-refractivity contribution in [3.05, 3.63) is 0 Å². The Balaban J connectivity index is 4.28. The molecule has 0 aromatic heterocycles. The van der Waals surface area contributed by atoms with Gasteiger partial charge >= 0.3 is 5.97 Å². The van der Waals surface area contributed by atoms with Gasteiger partial charge in [0.1, 0.15) is 0 Å². The fourth-order valence-electron chi connectivity index (χ4n) is 1.91. The second-order valence-corrected chi connectivity index (χ2v) is 5.15. The molecular formula is C13H26O3. The van der Waals surface area contributed by atoms with Crippen molar-refractivity contribution >= 4 is 5.97 Å². The molecule has 0 amide bonds. The van der Waals surface area contributed by atoms with Crippen molar-refractivity contribution in [2.24, 2.45) is 11.3 Å². The lowest BCUT2D eigenvalue weighted by Gasteiger charge is -2.30. The Labute approximate surface area is 99.1 Å². The van der Waals surface area contributed by atoms with Crippen molar-refractivity contribution in [1.29, 1.82) is 0 Å². The highest BCUT2D eigenvalue weighted by Gasteiger charge is 2.34. The molecule has 0 heterocycles. The molecule has 16 heavy (non-hydrogen) atoms. The zero-order valence-corrected chi connectivity index (χ0v) is 11.1. The van der Waals surface area contributed by atoms with Crippen LogP contribution in [0.3, 0.4) is 0 Å². The van der Waals surface area contributed by atoms with E-state index in [0.717, 1.165) is 25.7 Å². The Morgan fingerprint density at radius 1 is 1.25 bits per heavy atom. The van der Waals surface area contributed by atoms with Crippen LogP contribution in [0.15, 0.2) is 0 Å². The molecule has 0 rings (SSSR count). The second-order valence-electron chi connectivity index (χ2n) is 5.15. The lowest BCUT2D eigenvalue weighted by atomic mass is 9.74. The van der Waals surface area contributed by atoms with Gasteiger partial charge < -0.3 is 4.89 Å². The number of carbonyl (C=O) groups is 1. The molecule has 0 aliphatic rings. The normalized spacial score (nSPS) is 13.6. The number of rotatable bonds is 8. The molecule has 0 bridgehead atoms. The number of hydrogen-bond donors (Lipinski definition) is 1. The smallest absolute Gasteiger partial charge is 0.301 e. The van der Waals surface area contributed by atoms with Crippen LogP contribution in [0.2, 0.25) is 0 Å². The van der Waals surface area contributed by atoms with Crippen molar-refractivity contribution in [2.75, 3.05) is 0 Å². The van der Waals surface area contributed by atoms with E-state index in [-0.39, 0.29) is 11.3 Å². The summed E-state index contributed by atoms with van der Waals surface area (Å²) in [5, 5.41) is 8.52. The molecule has 1 unspecified atom stereocenters. The third kappa shape index (κ3) is 4.97. The number of hydrogen-bond acceptors (Lipinski definition) is 3. The molecular weight excluding hydrogens is 204 g/mol. The molecule has 0 radical (unpaired) electrons. The summed E-state index contributed by atoms with van der Waals surface area (Å²) in [5.74, 6) is -0.678. The van der Waals surface area contributed by atoms with Gasteiger partial charge in [0.05, 0.1) is 5.92 Å². The van der Waals surface area contributed by atoms with E-state index in [2.05, 4.69) is 32.6 Å². The van der Waals surface area contributed by atoms with Gasteiger partial charge in [-0.2, -0.15) is 5.26 Å². The second kappa shape index (κ2) is 7.66. The van der Waals surface area contributed by atoms with Gasteiger partial charge in [-0.3, -0.25) is 0 Å². The minimum atomic E-state index is -0.483. The van der Waals surface area contributed by atoms with Crippen LogP contribution in [0.5, 0.6) is 0 Å². The van der Waals surface area contributed by atoms with Crippen LogP contribution in [0.4, 0.5) is 0 Å². The molecule has 0 aliphatic heterocycles. The summed E-state index contributed by atoms with van der Waals surface area (Å²) in [6, 6.07) is 0. The molecule has 0 saturated heterocycles. The summed E-state index contributed by atoms with van der Waals surface area (Å²) in [6.07, 6.45) is 6.27. The molecule has 3 heteroatoms. The SMILES string of the molecule is CCCCCCC(C(=O)OO)C(C)(C)CC. The van der Waals surface area contributed by atoms with E-state index in [0.29, 0.717) is 0 Å². The highest BCUT2D eigenvalue weighted by atomic mass is 17.1. The number of carbonyl (C=O) groups excluding carboxylic acids is 1. The van der Waals surface area contributed by atoms with E-state index in [1.54, 1.807) is 0 Å². The van der Waals surface area contributed by atoms with Crippen LogP contribution in [0.25, 0.3) is 0 Å². The maximum Gasteiger partial charge on any atom is 0.345 e. The summed E-state index contributed by atoms with van der Waals surface area (Å²) < 4.78 is 0. The first-order valence-corrected chi connectivity index (χ1v) is 6.34. The van der Waals surface area contributed by atoms with Crippen molar-refractivity contribution in [2.45, 2.75) is 66.2 Å². The summed E-state index contributed by atoms with van der Waals surface area (Å²) >= 11 is 0. The topological polar surface area (TPSA) is 46.5 Å². The standard InChI is InChI=1S/C13H26O3/c1-5-7-8-9-10-11(12(14)16-15)13(3,4)6-2/h11,15H,5-10H2,1-4H3. The Hall–Kier alpha value is -0.570. The van der Waals surface area contributed by atoms with E-state index in [4.69, 9.17) is 5.26 Å². The van der Waals surface area contributed by atoms with E-state index in [1.807, 2.05) is 0 Å². The molecule has 0 aliphatic carbocycles. The lowest BCUT2D eigenvalue weighted by Crippen LogP contribution is -2.31. The summed E-state index contributed by atoms with van der Waals surface area (Å²) in [5.41, 5.74) is -0.105. The maximum absolute atomic E-state index is 11.5. The van der Waals surface area contributed by atoms with Crippen LogP contribution in [0.1, 0.15) is 66.2 Å². The molecule has 0 aromatic rings. The summed E-state index contributed by atoms with van der Waals surface area (Å²) in [6.45, 7) is 8.32. The Morgan fingerprint density at radius 2 is 1.88 bits per heavy atom. The minimum absolute atomic E-state index is 0.105. The highest BCUT2D eigenvalue weighted by molar-refractivity contribution is 5.72. The first-order valence-electron chi connectivity index (χ1n) is 6.34. The van der Waals surface area contributed by atoms with Crippen LogP contribution < -0.4 is 0 Å². The van der Waals surface area contributed by atoms with Crippen molar-refractivity contribution < 1.29 is 14.9 Å². The van der Waals surface area contributed by atoms with E-state index >= 15 is 0 Å². The monoisotopic (exact) mass is 230 g/mol. The van der Waals surface area contributed by atoms with Gasteiger partial charge in [0.2, 0.25) is 0 Å². The van der Waals surface area contributed by atoms with Crippen molar-refractivity contribution in [1.82, 2.24) is 0 Å². The van der Waals surface area contributed by atoms with Crippen LogP contribution in [0, 0.1) is 11.3 Å². The number of unbranched alkanes of at least 4 members (excludes halogenated alkanes) is 3. The average molecular weight is 230 g/mol. The van der Waals surface area contributed by atoms with Crippen LogP contribution in [-0.4, -0.2) is 11.2 Å². The van der Waals surface area contributed by atoms with E-state index in [1.165, 1.54) is 12.8 Å². The summed E-state index contributed by atoms with van der Waals surface area (Å²) in [7, 11) is 0. The van der Waals surface area contributed by atoms with E-state index in [9.17, 15) is 4.79 Å². The average Bonchev–Trinajstić information content (AvgIpc) is 2.28. The fourth-order valence-corrected chi connectivity index (χ4v) is 1.91. The minimum Gasteiger partial charge on any atom is -0.301 e. The van der Waals surface area contributed by atoms with Gasteiger partial charge in [0, 0.05) is 0 Å². The zero-order chi connectivity index (χ0) is 12.6. The van der Waals surface area contributed by atoms with Gasteiger partial charge in [-0.1, -0.05) is 59.8 Å². The fraction of sp³-hybridized carbons (Fsp3) is 0.923. The van der Waals surface area contributed by atoms with Gasteiger partial charge in [-0.05, 0) is 11.8 Å². The van der Waals surface area contributed by atoms with Crippen molar-refractivity contribution in [3.8, 4) is 0 Å². The van der Waals surface area contributed by atoms with Gasteiger partial charge in [0.25, 0.3) is 0 Å². The zero-order valence-electron chi connectivity index (χ0n) is 11.1. The molecule has 0 fully saturated rings. The Kier molecular flexibility index (Phi) is 7.39. The van der Waals surface area contributed by atoms with Crippen LogP contribution in [-0.2, 0) is 9.68 Å². The third-order valence-corrected chi connectivity index (χ3v) is 3.58. The first kappa shape index (κ1) is 15.4. The molecule has 0 spiro atoms. The summed E-state index contributed by atoms with van der Waals surface area (Å²) in [4.78, 5) is 15.4. The predicted octanol–water partition coefficient (Wildman–Crippen LogP) is 4.03. The third-order valence-electron chi connectivity index (χ3n) is 3.58. The Bertz CT molecular complexity index is 199. The molecule has 1 atom stereocenters. The van der Waals surface area contributed by atoms with E-state index < -0.39 is 5.97 Å².